The predicted molar refractivity (Wildman–Crippen MR) is 66.9 cm³/mol. The lowest BCUT2D eigenvalue weighted by Crippen LogP contribution is -2.10. The molecule has 7 heteroatoms. The topological polar surface area (TPSA) is 83.8 Å². The van der Waals surface area contributed by atoms with Gasteiger partial charge in [0.1, 0.15) is 0 Å². The number of fused-ring (bicyclic) bond motifs is 1. The Morgan fingerprint density at radius 3 is 2.67 bits per heavy atom. The van der Waals surface area contributed by atoms with Gasteiger partial charge in [0, 0.05) is 15.1 Å². The number of rotatable bonds is 4. The van der Waals surface area contributed by atoms with Crippen molar-refractivity contribution in [2.75, 3.05) is 6.61 Å². The summed E-state index contributed by atoms with van der Waals surface area (Å²) in [5.41, 5.74) is 0. The molecule has 2 N–H and O–H groups in total. The maximum Gasteiger partial charge on any atom is 0.349 e. The minimum atomic E-state index is -1.17. The van der Waals surface area contributed by atoms with Gasteiger partial charge >= 0.3 is 11.9 Å². The van der Waals surface area contributed by atoms with Gasteiger partial charge in [-0.25, -0.2) is 9.59 Å². The molecule has 0 amide bonds. The van der Waals surface area contributed by atoms with E-state index in [-0.39, 0.29) is 10.6 Å². The fourth-order valence-corrected chi connectivity index (χ4v) is 2.73. The van der Waals surface area contributed by atoms with Crippen molar-refractivity contribution in [3.8, 4) is 5.75 Å². The second-order valence-corrected chi connectivity index (χ2v) is 4.88. The number of aromatic carboxylic acids is 1. The third kappa shape index (κ3) is 2.39. The van der Waals surface area contributed by atoms with Gasteiger partial charge in [0.25, 0.3) is 0 Å². The van der Waals surface area contributed by atoms with Crippen LogP contribution < -0.4 is 4.74 Å². The molecule has 0 aliphatic carbocycles. The maximum absolute atomic E-state index is 11.1. The minimum absolute atomic E-state index is 0.0338. The molecular weight excluding hydrogens is 280 g/mol. The lowest BCUT2D eigenvalue weighted by Gasteiger charge is -2.03. The SMILES string of the molecule is O=C(O)COc1c(C(=O)O)sc2cc(Cl)ccc12. The van der Waals surface area contributed by atoms with Crippen molar-refractivity contribution in [2.24, 2.45) is 0 Å². The molecule has 0 aliphatic rings. The third-order valence-electron chi connectivity index (χ3n) is 2.14. The number of halogens is 1. The van der Waals surface area contributed by atoms with Crippen molar-refractivity contribution in [3.63, 3.8) is 0 Å². The fourth-order valence-electron chi connectivity index (χ4n) is 1.46. The number of thiophene rings is 1. The van der Waals surface area contributed by atoms with E-state index < -0.39 is 18.5 Å². The van der Waals surface area contributed by atoms with Crippen molar-refractivity contribution < 1.29 is 24.5 Å². The Bertz CT molecular complexity index is 634. The Morgan fingerprint density at radius 2 is 2.06 bits per heavy atom. The summed E-state index contributed by atoms with van der Waals surface area (Å²) >= 11 is 6.81. The molecule has 0 spiro atoms. The highest BCUT2D eigenvalue weighted by molar-refractivity contribution is 7.21. The zero-order valence-corrected chi connectivity index (χ0v) is 10.4. The van der Waals surface area contributed by atoms with E-state index in [0.717, 1.165) is 11.3 Å². The lowest BCUT2D eigenvalue weighted by molar-refractivity contribution is -0.139. The highest BCUT2D eigenvalue weighted by Crippen LogP contribution is 2.39. The first-order valence-electron chi connectivity index (χ1n) is 4.79. The van der Waals surface area contributed by atoms with Crippen molar-refractivity contribution in [1.82, 2.24) is 0 Å². The highest BCUT2D eigenvalue weighted by Gasteiger charge is 2.20. The number of ether oxygens (including phenoxy) is 1. The molecule has 0 bridgehead atoms. The summed E-state index contributed by atoms with van der Waals surface area (Å²) in [4.78, 5) is 21.5. The molecule has 0 saturated heterocycles. The fraction of sp³-hybridized carbons (Fsp3) is 0.0909. The second kappa shape index (κ2) is 4.83. The quantitative estimate of drug-likeness (QED) is 0.903. The average molecular weight is 287 g/mol. The van der Waals surface area contributed by atoms with Crippen LogP contribution in [0.3, 0.4) is 0 Å². The Morgan fingerprint density at radius 1 is 1.33 bits per heavy atom. The molecule has 0 unspecified atom stereocenters. The molecule has 1 aromatic heterocycles. The van der Waals surface area contributed by atoms with Crippen LogP contribution in [0, 0.1) is 0 Å². The maximum atomic E-state index is 11.1. The van der Waals surface area contributed by atoms with Crippen LogP contribution in [0.1, 0.15) is 9.67 Å². The van der Waals surface area contributed by atoms with Crippen LogP contribution in [0.5, 0.6) is 5.75 Å². The molecule has 94 valence electrons. The summed E-state index contributed by atoms with van der Waals surface area (Å²) < 4.78 is 5.68. The van der Waals surface area contributed by atoms with E-state index in [1.165, 1.54) is 0 Å². The molecule has 2 aromatic rings. The number of hydrogen-bond donors (Lipinski definition) is 2. The van der Waals surface area contributed by atoms with E-state index in [4.69, 9.17) is 26.6 Å². The molecule has 0 fully saturated rings. The summed E-state index contributed by atoms with van der Waals surface area (Å²) in [6.45, 7) is -0.589. The number of aliphatic carboxylic acids is 1. The molecular formula is C11H7ClO5S. The standard InChI is InChI=1S/C11H7ClO5S/c12-5-1-2-6-7(3-5)18-10(11(15)16)9(6)17-4-8(13)14/h1-3H,4H2,(H,13,14)(H,15,16). The Balaban J connectivity index is 2.55. The zero-order chi connectivity index (χ0) is 13.3. The first kappa shape index (κ1) is 12.7. The molecule has 0 atom stereocenters. The van der Waals surface area contributed by atoms with Gasteiger partial charge in [-0.2, -0.15) is 0 Å². The number of carbonyl (C=O) groups is 2. The first-order chi connectivity index (χ1) is 8.49. The number of carboxylic acids is 2. The Labute approximate surface area is 110 Å². The third-order valence-corrected chi connectivity index (χ3v) is 3.50. The van der Waals surface area contributed by atoms with Crippen molar-refractivity contribution in [2.45, 2.75) is 0 Å². The van der Waals surface area contributed by atoms with Crippen molar-refractivity contribution >= 4 is 45.0 Å². The van der Waals surface area contributed by atoms with Gasteiger partial charge in [-0.15, -0.1) is 11.3 Å². The van der Waals surface area contributed by atoms with Crippen molar-refractivity contribution in [1.29, 1.82) is 0 Å². The number of hydrogen-bond acceptors (Lipinski definition) is 4. The van der Waals surface area contributed by atoms with Crippen LogP contribution in [0.4, 0.5) is 0 Å². The van der Waals surface area contributed by atoms with Crippen LogP contribution in [0.25, 0.3) is 10.1 Å². The predicted octanol–water partition coefficient (Wildman–Crippen LogP) is 2.72. The first-order valence-corrected chi connectivity index (χ1v) is 5.98. The van der Waals surface area contributed by atoms with Gasteiger partial charge in [0.05, 0.1) is 0 Å². The molecule has 1 aromatic carbocycles. The summed E-state index contributed by atoms with van der Waals surface area (Å²) in [6, 6.07) is 4.81. The molecule has 18 heavy (non-hydrogen) atoms. The summed E-state index contributed by atoms with van der Waals surface area (Å²) in [5.74, 6) is -2.26. The molecule has 2 rings (SSSR count). The average Bonchev–Trinajstić information content (AvgIpc) is 2.64. The van der Waals surface area contributed by atoms with E-state index in [2.05, 4.69) is 0 Å². The minimum Gasteiger partial charge on any atom is -0.479 e. The van der Waals surface area contributed by atoms with E-state index >= 15 is 0 Å². The molecule has 0 radical (unpaired) electrons. The van der Waals surface area contributed by atoms with Gasteiger partial charge in [-0.1, -0.05) is 11.6 Å². The van der Waals surface area contributed by atoms with Gasteiger partial charge in [-0.05, 0) is 18.2 Å². The van der Waals surface area contributed by atoms with Crippen LogP contribution >= 0.6 is 22.9 Å². The smallest absolute Gasteiger partial charge is 0.349 e. The summed E-state index contributed by atoms with van der Waals surface area (Å²) in [6.07, 6.45) is 0. The largest absolute Gasteiger partial charge is 0.479 e. The van der Waals surface area contributed by atoms with E-state index in [0.29, 0.717) is 15.1 Å². The van der Waals surface area contributed by atoms with E-state index in [1.54, 1.807) is 18.2 Å². The van der Waals surface area contributed by atoms with Gasteiger partial charge in [0.15, 0.2) is 17.2 Å². The number of carboxylic acid groups (broad SMARTS) is 2. The molecule has 1 heterocycles. The highest BCUT2D eigenvalue weighted by atomic mass is 35.5. The lowest BCUT2D eigenvalue weighted by atomic mass is 10.2. The zero-order valence-electron chi connectivity index (χ0n) is 8.84. The van der Waals surface area contributed by atoms with Crippen LogP contribution in [0.2, 0.25) is 5.02 Å². The number of benzene rings is 1. The van der Waals surface area contributed by atoms with Crippen molar-refractivity contribution in [3.05, 3.63) is 28.1 Å². The van der Waals surface area contributed by atoms with Gasteiger partial charge in [0.2, 0.25) is 0 Å². The van der Waals surface area contributed by atoms with E-state index in [9.17, 15) is 9.59 Å². The molecule has 0 aliphatic heterocycles. The van der Waals surface area contributed by atoms with Crippen LogP contribution in [-0.4, -0.2) is 28.8 Å². The summed E-state index contributed by atoms with van der Waals surface area (Å²) in [5, 5.41) is 18.6. The second-order valence-electron chi connectivity index (χ2n) is 3.39. The Kier molecular flexibility index (Phi) is 3.40. The monoisotopic (exact) mass is 286 g/mol. The summed E-state index contributed by atoms with van der Waals surface area (Å²) in [7, 11) is 0. The Hall–Kier alpha value is -1.79. The van der Waals surface area contributed by atoms with Gasteiger partial charge in [-0.3, -0.25) is 0 Å². The molecule has 5 nitrogen and oxygen atoms in total. The normalized spacial score (nSPS) is 10.5. The van der Waals surface area contributed by atoms with E-state index in [1.807, 2.05) is 0 Å². The van der Waals surface area contributed by atoms with Crippen LogP contribution in [-0.2, 0) is 4.79 Å². The van der Waals surface area contributed by atoms with Gasteiger partial charge < -0.3 is 14.9 Å². The van der Waals surface area contributed by atoms with Crippen LogP contribution in [0.15, 0.2) is 18.2 Å². The molecule has 0 saturated carbocycles.